The summed E-state index contributed by atoms with van der Waals surface area (Å²) in [6.45, 7) is 7.50. The average molecular weight is 482 g/mol. The Balaban J connectivity index is 1.56. The second-order valence-electron chi connectivity index (χ2n) is 8.17. The van der Waals surface area contributed by atoms with E-state index < -0.39 is 0 Å². The van der Waals surface area contributed by atoms with Crippen LogP contribution in [-0.4, -0.2) is 46.2 Å². The third-order valence-electron chi connectivity index (χ3n) is 6.10. The van der Waals surface area contributed by atoms with Gasteiger partial charge in [-0.3, -0.25) is 9.59 Å². The highest BCUT2D eigenvalue weighted by atomic mass is 32.1. The molecule has 0 unspecified atom stereocenters. The van der Waals surface area contributed by atoms with Crippen LogP contribution in [0.1, 0.15) is 59.0 Å². The van der Waals surface area contributed by atoms with E-state index in [0.717, 1.165) is 23.1 Å². The van der Waals surface area contributed by atoms with Crippen molar-refractivity contribution in [1.82, 2.24) is 14.8 Å². The summed E-state index contributed by atoms with van der Waals surface area (Å²) in [5.74, 6) is 0.166. The van der Waals surface area contributed by atoms with Crippen molar-refractivity contribution >= 4 is 23.2 Å². The van der Waals surface area contributed by atoms with Crippen molar-refractivity contribution < 1.29 is 18.7 Å². The molecular weight excluding hydrogens is 453 g/mol. The molecule has 34 heavy (non-hydrogen) atoms. The van der Waals surface area contributed by atoms with Crippen LogP contribution in [0.15, 0.2) is 47.8 Å². The molecule has 2 aromatic carbocycles. The van der Waals surface area contributed by atoms with E-state index in [1.165, 1.54) is 30.4 Å². The number of benzene rings is 2. The summed E-state index contributed by atoms with van der Waals surface area (Å²) in [6.07, 6.45) is 0.727. The zero-order chi connectivity index (χ0) is 24.2. The number of halogens is 1. The number of rotatable bonds is 7. The Labute approximate surface area is 203 Å². The molecule has 0 N–H and O–H groups in total. The first-order chi connectivity index (χ1) is 16.4. The van der Waals surface area contributed by atoms with Crippen molar-refractivity contribution in [3.05, 3.63) is 81.1 Å². The number of ether oxygens (including phenoxy) is 1. The molecule has 1 aromatic heterocycles. The third-order valence-corrected chi connectivity index (χ3v) is 6.92. The van der Waals surface area contributed by atoms with Crippen LogP contribution in [0.25, 0.3) is 0 Å². The van der Waals surface area contributed by atoms with Crippen molar-refractivity contribution in [3.63, 3.8) is 0 Å². The van der Waals surface area contributed by atoms with Crippen LogP contribution in [-0.2, 0) is 17.8 Å². The van der Waals surface area contributed by atoms with Gasteiger partial charge in [-0.25, -0.2) is 9.37 Å². The highest BCUT2D eigenvalue weighted by molar-refractivity contribution is 7.09. The molecule has 0 saturated carbocycles. The van der Waals surface area contributed by atoms with E-state index in [1.54, 1.807) is 21.2 Å². The van der Waals surface area contributed by atoms with Crippen LogP contribution >= 0.6 is 11.3 Å². The molecule has 0 radical (unpaired) electrons. The number of aromatic nitrogens is 1. The van der Waals surface area contributed by atoms with Crippen LogP contribution in [0, 0.1) is 5.82 Å². The molecule has 1 atom stereocenters. The van der Waals surface area contributed by atoms with Gasteiger partial charge < -0.3 is 14.5 Å². The molecule has 0 spiro atoms. The lowest BCUT2D eigenvalue weighted by molar-refractivity contribution is -0.130. The lowest BCUT2D eigenvalue weighted by Gasteiger charge is -2.37. The van der Waals surface area contributed by atoms with E-state index in [4.69, 9.17) is 4.74 Å². The molecule has 0 bridgehead atoms. The Morgan fingerprint density at radius 1 is 1.21 bits per heavy atom. The van der Waals surface area contributed by atoms with Crippen molar-refractivity contribution in [2.24, 2.45) is 0 Å². The Kier molecular flexibility index (Phi) is 7.26. The number of fused-ring (bicyclic) bond motifs is 1. The maximum atomic E-state index is 14.0. The average Bonchev–Trinajstić information content (AvgIpc) is 3.31. The lowest BCUT2D eigenvalue weighted by Crippen LogP contribution is -2.39. The van der Waals surface area contributed by atoms with Gasteiger partial charge in [0.1, 0.15) is 28.9 Å². The Hall–Kier alpha value is -3.26. The molecule has 178 valence electrons. The Bertz CT molecular complexity index is 1190. The fourth-order valence-corrected chi connectivity index (χ4v) is 5.03. The maximum Gasteiger partial charge on any atom is 0.273 e. The zero-order valence-electron chi connectivity index (χ0n) is 19.6. The van der Waals surface area contributed by atoms with Crippen molar-refractivity contribution in [2.45, 2.75) is 39.8 Å². The van der Waals surface area contributed by atoms with Crippen molar-refractivity contribution in [2.75, 3.05) is 19.6 Å². The summed E-state index contributed by atoms with van der Waals surface area (Å²) in [4.78, 5) is 32.8. The number of thiazole rings is 1. The molecule has 1 aliphatic rings. The van der Waals surface area contributed by atoms with Gasteiger partial charge in [0.25, 0.3) is 5.91 Å². The first-order valence-corrected chi connectivity index (χ1v) is 12.3. The van der Waals surface area contributed by atoms with Gasteiger partial charge in [0.05, 0.1) is 6.04 Å². The van der Waals surface area contributed by atoms with Crippen LogP contribution in [0.5, 0.6) is 5.75 Å². The standard InChI is InChI=1S/C26H28FN3O3S/c1-4-29(5-2)26(32)23-16-34-24(28-23)15-33-21-10-9-18-11-12-30(17(3)31)25(22(18)14-21)19-7-6-8-20(27)13-19/h6-10,13-14,16,25H,4-5,11-12,15H2,1-3H3/t25-/m0/s1. The summed E-state index contributed by atoms with van der Waals surface area (Å²) in [5.41, 5.74) is 3.20. The predicted octanol–water partition coefficient (Wildman–Crippen LogP) is 4.84. The highest BCUT2D eigenvalue weighted by Gasteiger charge is 2.31. The van der Waals surface area contributed by atoms with Crippen molar-refractivity contribution in [1.29, 1.82) is 0 Å². The fraction of sp³-hybridized carbons (Fsp3) is 0.346. The van der Waals surface area contributed by atoms with Gasteiger partial charge >= 0.3 is 0 Å². The van der Waals surface area contributed by atoms with Crippen LogP contribution in [0.3, 0.4) is 0 Å². The molecule has 2 amide bonds. The SMILES string of the molecule is CCN(CC)C(=O)c1csc(COc2ccc3c(c2)[C@H](c2cccc(F)c2)N(C(C)=O)CC3)n1. The van der Waals surface area contributed by atoms with E-state index >= 15 is 0 Å². The van der Waals surface area contributed by atoms with Gasteiger partial charge in [-0.2, -0.15) is 0 Å². The molecule has 3 aromatic rings. The van der Waals surface area contributed by atoms with E-state index in [-0.39, 0.29) is 30.3 Å². The number of nitrogens with zero attached hydrogens (tertiary/aromatic N) is 3. The zero-order valence-corrected chi connectivity index (χ0v) is 20.4. The summed E-state index contributed by atoms with van der Waals surface area (Å²) in [7, 11) is 0. The molecule has 0 aliphatic carbocycles. The summed E-state index contributed by atoms with van der Waals surface area (Å²) >= 11 is 1.39. The van der Waals surface area contributed by atoms with Crippen LogP contribution < -0.4 is 4.74 Å². The first-order valence-electron chi connectivity index (χ1n) is 11.4. The number of carbonyl (C=O) groups excluding carboxylic acids is 2. The van der Waals surface area contributed by atoms with E-state index in [2.05, 4.69) is 4.98 Å². The summed E-state index contributed by atoms with van der Waals surface area (Å²) < 4.78 is 20.0. The highest BCUT2D eigenvalue weighted by Crippen LogP contribution is 2.37. The molecule has 4 rings (SSSR count). The maximum absolute atomic E-state index is 14.0. The van der Waals surface area contributed by atoms with E-state index in [0.29, 0.717) is 36.1 Å². The minimum absolute atomic E-state index is 0.0561. The van der Waals surface area contributed by atoms with Gasteiger partial charge in [-0.1, -0.05) is 18.2 Å². The summed E-state index contributed by atoms with van der Waals surface area (Å²) in [6, 6.07) is 11.8. The number of amides is 2. The summed E-state index contributed by atoms with van der Waals surface area (Å²) in [5, 5.41) is 2.47. The number of hydrogen-bond donors (Lipinski definition) is 0. The molecule has 0 fully saturated rings. The first kappa shape index (κ1) is 23.9. The fourth-order valence-electron chi connectivity index (χ4n) is 4.35. The second-order valence-corrected chi connectivity index (χ2v) is 9.12. The van der Waals surface area contributed by atoms with Gasteiger partial charge in [-0.05, 0) is 61.2 Å². The minimum atomic E-state index is -0.376. The minimum Gasteiger partial charge on any atom is -0.486 e. The monoisotopic (exact) mass is 481 g/mol. The number of hydrogen-bond acceptors (Lipinski definition) is 5. The molecule has 1 aliphatic heterocycles. The predicted molar refractivity (Wildman–Crippen MR) is 129 cm³/mol. The van der Waals surface area contributed by atoms with Gasteiger partial charge in [0, 0.05) is 31.9 Å². The van der Waals surface area contributed by atoms with Crippen molar-refractivity contribution in [3.8, 4) is 5.75 Å². The molecular formula is C26H28FN3O3S. The second kappa shape index (κ2) is 10.3. The van der Waals surface area contributed by atoms with Crippen LogP contribution in [0.4, 0.5) is 4.39 Å². The Morgan fingerprint density at radius 3 is 2.71 bits per heavy atom. The third kappa shape index (κ3) is 4.97. The molecule has 8 heteroatoms. The largest absolute Gasteiger partial charge is 0.486 e. The lowest BCUT2D eigenvalue weighted by atomic mass is 9.88. The smallest absolute Gasteiger partial charge is 0.273 e. The van der Waals surface area contributed by atoms with Gasteiger partial charge in [-0.15, -0.1) is 11.3 Å². The number of carbonyl (C=O) groups is 2. The molecule has 2 heterocycles. The Morgan fingerprint density at radius 2 is 2.00 bits per heavy atom. The molecule has 6 nitrogen and oxygen atoms in total. The van der Waals surface area contributed by atoms with Gasteiger partial charge in [0.2, 0.25) is 5.91 Å². The van der Waals surface area contributed by atoms with Gasteiger partial charge in [0.15, 0.2) is 0 Å². The quantitative estimate of drug-likeness (QED) is 0.485. The normalized spacial score (nSPS) is 15.1. The topological polar surface area (TPSA) is 62.7 Å². The molecule has 0 saturated heterocycles. The van der Waals surface area contributed by atoms with E-state index in [1.807, 2.05) is 38.1 Å². The van der Waals surface area contributed by atoms with E-state index in [9.17, 15) is 14.0 Å². The van der Waals surface area contributed by atoms with Crippen LogP contribution in [0.2, 0.25) is 0 Å².